The zero-order valence-corrected chi connectivity index (χ0v) is 28.3. The molecule has 8 nitrogen and oxygen atoms in total. The van der Waals surface area contributed by atoms with E-state index in [0.29, 0.717) is 33.5 Å². The maximum Gasteiger partial charge on any atom is 0.264 e. The van der Waals surface area contributed by atoms with E-state index in [9.17, 15) is 18.0 Å². The van der Waals surface area contributed by atoms with Gasteiger partial charge >= 0.3 is 0 Å². The molecule has 0 saturated heterocycles. The van der Waals surface area contributed by atoms with Gasteiger partial charge < -0.3 is 15.0 Å². The van der Waals surface area contributed by atoms with Crippen LogP contribution in [-0.4, -0.2) is 43.8 Å². The SMILES string of the molecule is CCC(C(=O)NC1CCCC1)N(Cc1ccc(Cl)cc1Cl)C(=O)CN(c1ccc(Oc2ccccc2)cc1)S(=O)(=O)c1ccccc1. The second-order valence-corrected chi connectivity index (χ2v) is 14.1. The number of carbonyl (C=O) groups excluding carboxylic acids is 2. The lowest BCUT2D eigenvalue weighted by Crippen LogP contribution is -2.53. The van der Waals surface area contributed by atoms with E-state index in [4.69, 9.17) is 27.9 Å². The summed E-state index contributed by atoms with van der Waals surface area (Å²) in [4.78, 5) is 29.5. The van der Waals surface area contributed by atoms with Crippen molar-refractivity contribution in [2.45, 2.75) is 62.6 Å². The first-order valence-electron chi connectivity index (χ1n) is 15.6. The largest absolute Gasteiger partial charge is 0.457 e. The summed E-state index contributed by atoms with van der Waals surface area (Å²) in [7, 11) is -4.21. The van der Waals surface area contributed by atoms with Gasteiger partial charge in [-0.3, -0.25) is 13.9 Å². The Kier molecular flexibility index (Phi) is 11.4. The molecule has 47 heavy (non-hydrogen) atoms. The number of nitrogens with zero attached hydrogens (tertiary/aromatic N) is 2. The van der Waals surface area contributed by atoms with Crippen LogP contribution in [0.25, 0.3) is 0 Å². The number of amides is 2. The molecule has 0 heterocycles. The summed E-state index contributed by atoms with van der Waals surface area (Å²) in [6.45, 7) is 1.25. The minimum absolute atomic E-state index is 0.0193. The van der Waals surface area contributed by atoms with E-state index in [-0.39, 0.29) is 29.1 Å². The molecular formula is C36H37Cl2N3O5S. The lowest BCUT2D eigenvalue weighted by Gasteiger charge is -2.34. The van der Waals surface area contributed by atoms with E-state index >= 15 is 0 Å². The molecule has 0 spiro atoms. The molecule has 1 aliphatic carbocycles. The van der Waals surface area contributed by atoms with Crippen molar-refractivity contribution < 1.29 is 22.7 Å². The summed E-state index contributed by atoms with van der Waals surface area (Å²) < 4.78 is 35.2. The van der Waals surface area contributed by atoms with Crippen LogP contribution in [0, 0.1) is 0 Å². The predicted octanol–water partition coefficient (Wildman–Crippen LogP) is 7.85. The maximum atomic E-state index is 14.4. The minimum Gasteiger partial charge on any atom is -0.457 e. The first kappa shape index (κ1) is 34.3. The Morgan fingerprint density at radius 3 is 2.11 bits per heavy atom. The first-order chi connectivity index (χ1) is 22.7. The van der Waals surface area contributed by atoms with Crippen molar-refractivity contribution in [1.82, 2.24) is 10.2 Å². The summed E-state index contributed by atoms with van der Waals surface area (Å²) >= 11 is 12.7. The van der Waals surface area contributed by atoms with Crippen LogP contribution < -0.4 is 14.4 Å². The average Bonchev–Trinajstić information content (AvgIpc) is 3.59. The molecule has 1 aliphatic rings. The highest BCUT2D eigenvalue weighted by molar-refractivity contribution is 7.92. The van der Waals surface area contributed by atoms with Crippen molar-refractivity contribution in [3.63, 3.8) is 0 Å². The third-order valence-electron chi connectivity index (χ3n) is 8.16. The van der Waals surface area contributed by atoms with Gasteiger partial charge in [-0.05, 0) is 85.5 Å². The van der Waals surface area contributed by atoms with Crippen LogP contribution in [0.5, 0.6) is 11.5 Å². The molecule has 0 radical (unpaired) electrons. The molecule has 0 aromatic heterocycles. The van der Waals surface area contributed by atoms with Gasteiger partial charge in [0.15, 0.2) is 0 Å². The van der Waals surface area contributed by atoms with Crippen molar-refractivity contribution >= 4 is 50.7 Å². The van der Waals surface area contributed by atoms with Crippen LogP contribution in [0.15, 0.2) is 108 Å². The molecule has 1 atom stereocenters. The topological polar surface area (TPSA) is 96.0 Å². The molecule has 0 aliphatic heterocycles. The van der Waals surface area contributed by atoms with Gasteiger partial charge in [0, 0.05) is 22.6 Å². The summed E-state index contributed by atoms with van der Waals surface area (Å²) in [5.41, 5.74) is 0.840. The Morgan fingerprint density at radius 1 is 0.872 bits per heavy atom. The van der Waals surface area contributed by atoms with Gasteiger partial charge in [0.05, 0.1) is 10.6 Å². The third-order valence-corrected chi connectivity index (χ3v) is 10.5. The fourth-order valence-electron chi connectivity index (χ4n) is 5.67. The number of benzene rings is 4. The van der Waals surface area contributed by atoms with Crippen molar-refractivity contribution in [2.75, 3.05) is 10.8 Å². The van der Waals surface area contributed by atoms with E-state index in [1.54, 1.807) is 60.7 Å². The predicted molar refractivity (Wildman–Crippen MR) is 185 cm³/mol. The molecule has 5 rings (SSSR count). The number of nitrogens with one attached hydrogen (secondary N) is 1. The van der Waals surface area contributed by atoms with Crippen molar-refractivity contribution in [3.8, 4) is 11.5 Å². The van der Waals surface area contributed by atoms with Crippen LogP contribution in [0.1, 0.15) is 44.6 Å². The quantitative estimate of drug-likeness (QED) is 0.154. The van der Waals surface area contributed by atoms with Crippen molar-refractivity contribution in [3.05, 3.63) is 119 Å². The number of rotatable bonds is 13. The molecule has 2 amide bonds. The molecule has 4 aromatic rings. The van der Waals surface area contributed by atoms with Crippen molar-refractivity contribution in [2.24, 2.45) is 0 Å². The normalized spacial score (nSPS) is 13.9. The first-order valence-corrected chi connectivity index (χ1v) is 17.8. The minimum atomic E-state index is -4.21. The van der Waals surface area contributed by atoms with Gasteiger partial charge in [-0.1, -0.05) is 85.4 Å². The van der Waals surface area contributed by atoms with Gasteiger partial charge in [-0.2, -0.15) is 0 Å². The van der Waals surface area contributed by atoms with Crippen LogP contribution in [0.2, 0.25) is 10.0 Å². The van der Waals surface area contributed by atoms with E-state index in [2.05, 4.69) is 5.32 Å². The van der Waals surface area contributed by atoms with Gasteiger partial charge in [0.1, 0.15) is 24.1 Å². The smallest absolute Gasteiger partial charge is 0.264 e. The summed E-state index contributed by atoms with van der Waals surface area (Å²) in [5, 5.41) is 3.88. The second kappa shape index (κ2) is 15.7. The molecule has 1 fully saturated rings. The second-order valence-electron chi connectivity index (χ2n) is 11.4. The Labute approximate surface area is 286 Å². The molecule has 11 heteroatoms. The van der Waals surface area contributed by atoms with Crippen LogP contribution in [0.3, 0.4) is 0 Å². The van der Waals surface area contributed by atoms with E-state index in [0.717, 1.165) is 30.0 Å². The van der Waals surface area contributed by atoms with Gasteiger partial charge in [0.25, 0.3) is 10.0 Å². The maximum absolute atomic E-state index is 14.4. The summed E-state index contributed by atoms with van der Waals surface area (Å²) in [6.07, 6.45) is 4.14. The van der Waals surface area contributed by atoms with Crippen LogP contribution >= 0.6 is 23.2 Å². The van der Waals surface area contributed by atoms with Gasteiger partial charge in [-0.15, -0.1) is 0 Å². The molecule has 1 N–H and O–H groups in total. The zero-order valence-electron chi connectivity index (χ0n) is 26.0. The van der Waals surface area contributed by atoms with Crippen LogP contribution in [0.4, 0.5) is 5.69 Å². The molecule has 246 valence electrons. The number of sulfonamides is 1. The number of hydrogen-bond acceptors (Lipinski definition) is 5. The van der Waals surface area contributed by atoms with Crippen molar-refractivity contribution in [1.29, 1.82) is 0 Å². The summed E-state index contributed by atoms with van der Waals surface area (Å²) in [6, 6.07) is 27.7. The fourth-order valence-corrected chi connectivity index (χ4v) is 7.58. The van der Waals surface area contributed by atoms with Gasteiger partial charge in [0.2, 0.25) is 11.8 Å². The monoisotopic (exact) mass is 693 g/mol. The Bertz CT molecular complexity index is 1770. The molecular weight excluding hydrogens is 657 g/mol. The molecule has 1 unspecified atom stereocenters. The van der Waals surface area contributed by atoms with Crippen LogP contribution in [-0.2, 0) is 26.2 Å². The Morgan fingerprint density at radius 2 is 1.49 bits per heavy atom. The highest BCUT2D eigenvalue weighted by Crippen LogP contribution is 2.30. The fraction of sp³-hybridized carbons (Fsp3) is 0.278. The molecule has 0 bridgehead atoms. The number of para-hydroxylation sites is 1. The Hall–Kier alpha value is -4.05. The lowest BCUT2D eigenvalue weighted by atomic mass is 10.1. The van der Waals surface area contributed by atoms with E-state index < -0.39 is 28.5 Å². The standard InChI is InChI=1S/C36H37Cl2N3O5S/c1-2-34(36(43)39-28-11-9-10-12-28)40(24-26-17-18-27(37)23-33(26)38)35(42)25-41(47(44,45)32-15-7-4-8-16-32)29-19-21-31(22-20-29)46-30-13-5-3-6-14-30/h3-8,13-23,28,34H,2,9-12,24-25H2,1H3,(H,39,43). The lowest BCUT2D eigenvalue weighted by molar-refractivity contribution is -0.140. The number of carbonyl (C=O) groups is 2. The third kappa shape index (κ3) is 8.66. The van der Waals surface area contributed by atoms with E-state index in [1.807, 2.05) is 37.3 Å². The number of ether oxygens (including phenoxy) is 1. The number of halogens is 2. The number of anilines is 1. The van der Waals surface area contributed by atoms with Gasteiger partial charge in [-0.25, -0.2) is 8.42 Å². The van der Waals surface area contributed by atoms with E-state index in [1.165, 1.54) is 17.0 Å². The number of hydrogen-bond donors (Lipinski definition) is 1. The average molecular weight is 695 g/mol. The zero-order chi connectivity index (χ0) is 33.4. The Balaban J connectivity index is 1.49. The molecule has 1 saturated carbocycles. The highest BCUT2D eigenvalue weighted by atomic mass is 35.5. The highest BCUT2D eigenvalue weighted by Gasteiger charge is 2.35. The summed E-state index contributed by atoms with van der Waals surface area (Å²) in [5.74, 6) is 0.283. The molecule has 4 aromatic carbocycles.